The summed E-state index contributed by atoms with van der Waals surface area (Å²) >= 11 is 0. The molecular formula is C18H20FN5O3. The van der Waals surface area contributed by atoms with Gasteiger partial charge in [-0.3, -0.25) is 24.4 Å². The van der Waals surface area contributed by atoms with Crippen molar-refractivity contribution < 1.29 is 18.8 Å². The van der Waals surface area contributed by atoms with Crippen LogP contribution in [0.5, 0.6) is 0 Å². The maximum atomic E-state index is 14.2. The first kappa shape index (κ1) is 17.4. The summed E-state index contributed by atoms with van der Waals surface area (Å²) in [7, 11) is 0. The molecule has 2 fully saturated rings. The number of carbonyl (C=O) groups excluding carboxylic acids is 3. The number of anilines is 1. The minimum atomic E-state index is -0.486. The van der Waals surface area contributed by atoms with Crippen molar-refractivity contribution >= 4 is 34.4 Å². The Morgan fingerprint density at radius 2 is 1.89 bits per heavy atom. The fraction of sp³-hybridized carbons (Fsp3) is 0.444. The number of hydrogen-bond donors (Lipinski definition) is 1. The lowest BCUT2D eigenvalue weighted by Crippen LogP contribution is -2.51. The van der Waals surface area contributed by atoms with E-state index >= 15 is 0 Å². The zero-order valence-corrected chi connectivity index (χ0v) is 14.9. The van der Waals surface area contributed by atoms with Crippen LogP contribution in [-0.2, 0) is 14.4 Å². The number of aromatic nitrogens is 2. The first-order valence-electron chi connectivity index (χ1n) is 8.93. The van der Waals surface area contributed by atoms with Crippen molar-refractivity contribution in [3.8, 4) is 0 Å². The molecule has 2 aliphatic heterocycles. The lowest BCUT2D eigenvalue weighted by Gasteiger charge is -2.35. The first-order chi connectivity index (χ1) is 13.0. The van der Waals surface area contributed by atoms with E-state index in [-0.39, 0.29) is 41.9 Å². The number of rotatable bonds is 2. The summed E-state index contributed by atoms with van der Waals surface area (Å²) in [5.74, 6) is -1.07. The summed E-state index contributed by atoms with van der Waals surface area (Å²) in [5, 5.41) is 7.09. The molecule has 3 amide bonds. The molecule has 8 nitrogen and oxygen atoms in total. The van der Waals surface area contributed by atoms with Crippen LogP contribution in [0, 0.1) is 11.7 Å². The zero-order valence-electron chi connectivity index (χ0n) is 14.9. The van der Waals surface area contributed by atoms with E-state index in [4.69, 9.17) is 0 Å². The highest BCUT2D eigenvalue weighted by Crippen LogP contribution is 2.32. The van der Waals surface area contributed by atoms with Crippen molar-refractivity contribution in [2.45, 2.75) is 13.3 Å². The number of carbonyl (C=O) groups is 3. The second-order valence-electron chi connectivity index (χ2n) is 6.95. The van der Waals surface area contributed by atoms with Crippen molar-refractivity contribution in [3.05, 3.63) is 24.0 Å². The van der Waals surface area contributed by atoms with E-state index in [1.165, 1.54) is 17.9 Å². The second-order valence-corrected chi connectivity index (χ2v) is 6.95. The Hall–Kier alpha value is -2.97. The van der Waals surface area contributed by atoms with E-state index in [1.807, 2.05) is 0 Å². The third-order valence-electron chi connectivity index (χ3n) is 5.29. The monoisotopic (exact) mass is 373 g/mol. The fourth-order valence-electron chi connectivity index (χ4n) is 3.79. The Balaban J connectivity index is 1.49. The minimum absolute atomic E-state index is 0.00300. The summed E-state index contributed by atoms with van der Waals surface area (Å²) in [6.45, 7) is 3.62. The molecule has 0 aliphatic carbocycles. The average molecular weight is 373 g/mol. The van der Waals surface area contributed by atoms with E-state index in [9.17, 15) is 18.8 Å². The predicted octanol–water partition coefficient (Wildman–Crippen LogP) is 0.746. The van der Waals surface area contributed by atoms with Gasteiger partial charge in [0.1, 0.15) is 5.82 Å². The van der Waals surface area contributed by atoms with Crippen molar-refractivity contribution in [1.29, 1.82) is 0 Å². The van der Waals surface area contributed by atoms with Gasteiger partial charge in [0.2, 0.25) is 17.7 Å². The molecule has 2 aliphatic rings. The summed E-state index contributed by atoms with van der Waals surface area (Å²) in [6, 6.07) is 4.57. The van der Waals surface area contributed by atoms with Crippen LogP contribution < -0.4 is 4.90 Å². The Labute approximate surface area is 154 Å². The lowest BCUT2D eigenvalue weighted by atomic mass is 10.1. The Morgan fingerprint density at radius 1 is 1.19 bits per heavy atom. The van der Waals surface area contributed by atoms with E-state index in [2.05, 4.69) is 10.2 Å². The first-order valence-corrected chi connectivity index (χ1v) is 8.93. The van der Waals surface area contributed by atoms with Crippen LogP contribution in [0.4, 0.5) is 10.2 Å². The van der Waals surface area contributed by atoms with Crippen LogP contribution in [0.25, 0.3) is 10.9 Å². The molecule has 9 heteroatoms. The highest BCUT2D eigenvalue weighted by molar-refractivity contribution is 6.05. The largest absolute Gasteiger partial charge is 0.339 e. The molecule has 2 aromatic rings. The van der Waals surface area contributed by atoms with E-state index in [0.717, 1.165) is 0 Å². The topological polar surface area (TPSA) is 89.6 Å². The average Bonchev–Trinajstić information content (AvgIpc) is 3.25. The number of halogens is 1. The van der Waals surface area contributed by atoms with Crippen molar-refractivity contribution in [2.75, 3.05) is 37.6 Å². The van der Waals surface area contributed by atoms with Gasteiger partial charge in [-0.1, -0.05) is 6.07 Å². The van der Waals surface area contributed by atoms with E-state index in [0.29, 0.717) is 31.7 Å². The van der Waals surface area contributed by atoms with Crippen LogP contribution >= 0.6 is 0 Å². The quantitative estimate of drug-likeness (QED) is 0.841. The molecular weight excluding hydrogens is 353 g/mol. The van der Waals surface area contributed by atoms with Gasteiger partial charge in [-0.2, -0.15) is 5.10 Å². The van der Waals surface area contributed by atoms with Crippen LogP contribution in [0.15, 0.2) is 18.2 Å². The minimum Gasteiger partial charge on any atom is -0.339 e. The number of H-pyrrole nitrogens is 1. The second kappa shape index (κ2) is 6.64. The SMILES string of the molecule is CC(=O)N1CCN(C(=O)[C@H]2CC(=O)N(c3n[nH]c4cccc(F)c34)C2)CC1. The third kappa shape index (κ3) is 3.02. The molecule has 1 N–H and O–H groups in total. The molecule has 1 aromatic carbocycles. The van der Waals surface area contributed by atoms with Gasteiger partial charge in [-0.05, 0) is 12.1 Å². The molecule has 142 valence electrons. The Kier molecular flexibility index (Phi) is 4.29. The molecule has 0 spiro atoms. The molecule has 0 bridgehead atoms. The number of piperazine rings is 1. The highest BCUT2D eigenvalue weighted by atomic mass is 19.1. The lowest BCUT2D eigenvalue weighted by molar-refractivity contribution is -0.141. The van der Waals surface area contributed by atoms with Gasteiger partial charge in [0.25, 0.3) is 0 Å². The number of benzene rings is 1. The van der Waals surface area contributed by atoms with Crippen LogP contribution in [0.3, 0.4) is 0 Å². The molecule has 27 heavy (non-hydrogen) atoms. The molecule has 1 atom stereocenters. The summed E-state index contributed by atoms with van der Waals surface area (Å²) in [4.78, 5) is 41.5. The van der Waals surface area contributed by atoms with Crippen LogP contribution in [0.1, 0.15) is 13.3 Å². The molecule has 0 unspecified atom stereocenters. The van der Waals surface area contributed by atoms with Gasteiger partial charge in [-0.15, -0.1) is 0 Å². The maximum Gasteiger partial charge on any atom is 0.229 e. The van der Waals surface area contributed by atoms with Gasteiger partial charge in [-0.25, -0.2) is 4.39 Å². The Bertz CT molecular complexity index is 919. The number of nitrogens with one attached hydrogen (secondary N) is 1. The van der Waals surface area contributed by atoms with Gasteiger partial charge in [0.15, 0.2) is 5.82 Å². The number of aromatic amines is 1. The molecule has 2 saturated heterocycles. The summed E-state index contributed by atoms with van der Waals surface area (Å²) in [6.07, 6.45) is 0.0779. The number of hydrogen-bond acceptors (Lipinski definition) is 4. The van der Waals surface area contributed by atoms with Gasteiger partial charge in [0, 0.05) is 46.1 Å². The molecule has 4 rings (SSSR count). The number of nitrogens with zero attached hydrogens (tertiary/aromatic N) is 4. The smallest absolute Gasteiger partial charge is 0.229 e. The number of fused-ring (bicyclic) bond motifs is 1. The molecule has 3 heterocycles. The van der Waals surface area contributed by atoms with Crippen LogP contribution in [-0.4, -0.2) is 70.4 Å². The van der Waals surface area contributed by atoms with E-state index in [1.54, 1.807) is 21.9 Å². The van der Waals surface area contributed by atoms with Crippen LogP contribution in [0.2, 0.25) is 0 Å². The maximum absolute atomic E-state index is 14.2. The predicted molar refractivity (Wildman–Crippen MR) is 95.3 cm³/mol. The normalized spacial score (nSPS) is 20.6. The van der Waals surface area contributed by atoms with Crippen molar-refractivity contribution in [3.63, 3.8) is 0 Å². The molecule has 0 saturated carbocycles. The van der Waals surface area contributed by atoms with Crippen molar-refractivity contribution in [1.82, 2.24) is 20.0 Å². The third-order valence-corrected chi connectivity index (χ3v) is 5.29. The van der Waals surface area contributed by atoms with Crippen molar-refractivity contribution in [2.24, 2.45) is 5.92 Å². The van der Waals surface area contributed by atoms with Gasteiger partial charge < -0.3 is 9.80 Å². The zero-order chi connectivity index (χ0) is 19.1. The molecule has 1 aromatic heterocycles. The van der Waals surface area contributed by atoms with Gasteiger partial charge in [0.05, 0.1) is 16.8 Å². The summed E-state index contributed by atoms with van der Waals surface area (Å²) in [5.41, 5.74) is 0.507. The van der Waals surface area contributed by atoms with Gasteiger partial charge >= 0.3 is 0 Å². The Morgan fingerprint density at radius 3 is 2.59 bits per heavy atom. The summed E-state index contributed by atoms with van der Waals surface area (Å²) < 4.78 is 14.2. The highest BCUT2D eigenvalue weighted by Gasteiger charge is 2.39. The van der Waals surface area contributed by atoms with E-state index < -0.39 is 11.7 Å². The molecule has 0 radical (unpaired) electrons. The number of amides is 3. The fourth-order valence-corrected chi connectivity index (χ4v) is 3.79. The standard InChI is InChI=1S/C18H20FN5O3/c1-11(25)22-5-7-23(8-6-22)18(27)12-9-15(26)24(10-12)17-16-13(19)3-2-4-14(16)20-21-17/h2-4,12H,5-10H2,1H3,(H,20,21)/t12-/m0/s1.